The number of hydrogen-bond donors (Lipinski definition) is 1. The van der Waals surface area contributed by atoms with Crippen LogP contribution in [0.5, 0.6) is 0 Å². The Kier molecular flexibility index (Phi) is 8.66. The summed E-state index contributed by atoms with van der Waals surface area (Å²) in [5.41, 5.74) is 2.15. The van der Waals surface area contributed by atoms with Crippen LogP contribution in [0.1, 0.15) is 11.1 Å². The van der Waals surface area contributed by atoms with Crippen molar-refractivity contribution in [1.82, 2.24) is 10.2 Å². The monoisotopic (exact) mass is 519 g/mol. The van der Waals surface area contributed by atoms with Gasteiger partial charge < -0.3 is 10.1 Å². The Balaban J connectivity index is 1.65. The van der Waals surface area contributed by atoms with Gasteiger partial charge in [0.1, 0.15) is 6.54 Å². The zero-order chi connectivity index (χ0) is 23.3. The van der Waals surface area contributed by atoms with Crippen molar-refractivity contribution in [3.8, 4) is 0 Å². The molecule has 2 aromatic rings. The fourth-order valence-electron chi connectivity index (χ4n) is 3.33. The molecule has 1 heterocycles. The van der Waals surface area contributed by atoms with Gasteiger partial charge in [-0.25, -0.2) is 8.42 Å². The van der Waals surface area contributed by atoms with Crippen LogP contribution in [0.15, 0.2) is 36.4 Å². The maximum absolute atomic E-state index is 12.6. The van der Waals surface area contributed by atoms with Crippen LogP contribution < -0.4 is 9.62 Å². The Morgan fingerprint density at radius 1 is 1.06 bits per heavy atom. The number of benzene rings is 2. The lowest BCUT2D eigenvalue weighted by Crippen LogP contribution is -2.40. The summed E-state index contributed by atoms with van der Waals surface area (Å²) in [7, 11) is -3.80. The van der Waals surface area contributed by atoms with Crippen LogP contribution in [0.4, 0.5) is 5.69 Å². The summed E-state index contributed by atoms with van der Waals surface area (Å²) >= 11 is 18.1. The molecule has 0 aliphatic carbocycles. The number of amides is 1. The molecule has 1 saturated heterocycles. The van der Waals surface area contributed by atoms with Crippen LogP contribution in [0.25, 0.3) is 0 Å². The van der Waals surface area contributed by atoms with Gasteiger partial charge in [0.15, 0.2) is 0 Å². The van der Waals surface area contributed by atoms with E-state index in [0.29, 0.717) is 0 Å². The lowest BCUT2D eigenvalue weighted by atomic mass is 10.1. The van der Waals surface area contributed by atoms with Crippen molar-refractivity contribution < 1.29 is 17.9 Å². The molecule has 11 heteroatoms. The molecule has 32 heavy (non-hydrogen) atoms. The van der Waals surface area contributed by atoms with E-state index in [-0.39, 0.29) is 27.3 Å². The largest absolute Gasteiger partial charge is 0.379 e. The van der Waals surface area contributed by atoms with E-state index in [9.17, 15) is 13.2 Å². The number of halogens is 3. The highest BCUT2D eigenvalue weighted by atomic mass is 35.5. The Morgan fingerprint density at radius 3 is 2.41 bits per heavy atom. The van der Waals surface area contributed by atoms with Gasteiger partial charge in [0.05, 0.1) is 40.2 Å². The van der Waals surface area contributed by atoms with Crippen molar-refractivity contribution in [1.29, 1.82) is 0 Å². The number of hydrogen-bond acceptors (Lipinski definition) is 5. The first kappa shape index (κ1) is 25.1. The molecule has 0 radical (unpaired) electrons. The molecule has 2 aromatic carbocycles. The second-order valence-corrected chi connectivity index (χ2v) is 10.6. The second kappa shape index (κ2) is 11.0. The van der Waals surface area contributed by atoms with Gasteiger partial charge >= 0.3 is 0 Å². The summed E-state index contributed by atoms with van der Waals surface area (Å²) < 4.78 is 30.9. The fourth-order valence-corrected chi connectivity index (χ4v) is 4.88. The summed E-state index contributed by atoms with van der Waals surface area (Å²) in [5, 5.41) is 3.17. The number of sulfonamides is 1. The third-order valence-electron chi connectivity index (χ3n) is 4.94. The summed E-state index contributed by atoms with van der Waals surface area (Å²) in [5.74, 6) is -0.476. The predicted octanol–water partition coefficient (Wildman–Crippen LogP) is 3.56. The average molecular weight is 521 g/mol. The molecule has 1 aliphatic heterocycles. The van der Waals surface area contributed by atoms with Gasteiger partial charge in [-0.05, 0) is 23.3 Å². The molecule has 0 atom stereocenters. The van der Waals surface area contributed by atoms with Crippen LogP contribution >= 0.6 is 34.8 Å². The van der Waals surface area contributed by atoms with Crippen LogP contribution in [0, 0.1) is 0 Å². The van der Waals surface area contributed by atoms with Crippen LogP contribution in [0.2, 0.25) is 15.1 Å². The Bertz CT molecular complexity index is 1080. The molecule has 0 unspecified atom stereocenters. The summed E-state index contributed by atoms with van der Waals surface area (Å²) in [4.78, 5) is 14.9. The first-order valence-corrected chi connectivity index (χ1v) is 12.9. The molecule has 1 fully saturated rings. The number of nitrogens with one attached hydrogen (secondary N) is 1. The molecule has 0 spiro atoms. The van der Waals surface area contributed by atoms with Crippen LogP contribution in [0.3, 0.4) is 0 Å². The van der Waals surface area contributed by atoms with E-state index in [2.05, 4.69) is 10.2 Å². The zero-order valence-electron chi connectivity index (χ0n) is 17.5. The zero-order valence-corrected chi connectivity index (χ0v) is 20.6. The van der Waals surface area contributed by atoms with Crippen molar-refractivity contribution in [3.05, 3.63) is 62.6 Å². The maximum atomic E-state index is 12.6. The van der Waals surface area contributed by atoms with E-state index in [0.717, 1.165) is 54.5 Å². The fraction of sp³-hybridized carbons (Fsp3) is 0.381. The standard InChI is InChI=1S/C21H24Cl3N3O4S/c1-32(29,30)27(20-11-18(23)17(22)10-19(20)24)14-21(28)25-12-15-3-2-4-16(9-15)13-26-5-7-31-8-6-26/h2-4,9-11H,5-8,12-14H2,1H3,(H,25,28). The number of rotatable bonds is 8. The van der Waals surface area contributed by atoms with E-state index >= 15 is 0 Å². The molecule has 0 bridgehead atoms. The van der Waals surface area contributed by atoms with Gasteiger partial charge in [-0.3, -0.25) is 14.0 Å². The number of carbonyl (C=O) groups is 1. The minimum atomic E-state index is -3.80. The number of carbonyl (C=O) groups excluding carboxylic acids is 1. The van der Waals surface area contributed by atoms with Gasteiger partial charge in [0, 0.05) is 26.2 Å². The number of nitrogens with zero attached hydrogens (tertiary/aromatic N) is 2. The minimum Gasteiger partial charge on any atom is -0.379 e. The first-order valence-electron chi connectivity index (χ1n) is 9.90. The number of anilines is 1. The molecule has 3 rings (SSSR count). The van der Waals surface area contributed by atoms with E-state index in [1.165, 1.54) is 12.1 Å². The molecule has 0 aromatic heterocycles. The third kappa shape index (κ3) is 6.97. The highest BCUT2D eigenvalue weighted by molar-refractivity contribution is 7.92. The third-order valence-corrected chi connectivity index (χ3v) is 7.09. The summed E-state index contributed by atoms with van der Waals surface area (Å²) in [6.07, 6.45) is 0.994. The highest BCUT2D eigenvalue weighted by Crippen LogP contribution is 2.35. The van der Waals surface area contributed by atoms with Gasteiger partial charge in [-0.15, -0.1) is 0 Å². The van der Waals surface area contributed by atoms with E-state index in [1.54, 1.807) is 0 Å². The summed E-state index contributed by atoms with van der Waals surface area (Å²) in [6.45, 7) is 3.87. The quantitative estimate of drug-likeness (QED) is 0.539. The number of morpholine rings is 1. The molecule has 174 valence electrons. The second-order valence-electron chi connectivity index (χ2n) is 7.47. The Hall–Kier alpha value is -1.55. The average Bonchev–Trinajstić information content (AvgIpc) is 2.74. The van der Waals surface area contributed by atoms with Crippen molar-refractivity contribution >= 4 is 56.4 Å². The van der Waals surface area contributed by atoms with E-state index in [4.69, 9.17) is 39.5 Å². The predicted molar refractivity (Wildman–Crippen MR) is 128 cm³/mol. The smallest absolute Gasteiger partial charge is 0.241 e. The number of ether oxygens (including phenoxy) is 1. The van der Waals surface area contributed by atoms with Gasteiger partial charge in [-0.1, -0.05) is 59.1 Å². The normalized spacial score (nSPS) is 14.9. The van der Waals surface area contributed by atoms with Crippen LogP contribution in [-0.2, 0) is 32.6 Å². The molecular formula is C21H24Cl3N3O4S. The first-order chi connectivity index (χ1) is 15.1. The maximum Gasteiger partial charge on any atom is 0.241 e. The van der Waals surface area contributed by atoms with Crippen molar-refractivity contribution in [2.24, 2.45) is 0 Å². The SMILES string of the molecule is CS(=O)(=O)N(CC(=O)NCc1cccc(CN2CCOCC2)c1)c1cc(Cl)c(Cl)cc1Cl. The molecule has 1 aliphatic rings. The van der Waals surface area contributed by atoms with Gasteiger partial charge in [0.25, 0.3) is 0 Å². The van der Waals surface area contributed by atoms with Crippen molar-refractivity contribution in [3.63, 3.8) is 0 Å². The van der Waals surface area contributed by atoms with Gasteiger partial charge in [-0.2, -0.15) is 0 Å². The lowest BCUT2D eigenvalue weighted by Gasteiger charge is -2.26. The molecule has 7 nitrogen and oxygen atoms in total. The molecule has 1 amide bonds. The lowest BCUT2D eigenvalue weighted by molar-refractivity contribution is -0.119. The molecule has 1 N–H and O–H groups in total. The molecule has 0 saturated carbocycles. The van der Waals surface area contributed by atoms with E-state index < -0.39 is 22.5 Å². The summed E-state index contributed by atoms with van der Waals surface area (Å²) in [6, 6.07) is 10.6. The van der Waals surface area contributed by atoms with Crippen LogP contribution in [-0.4, -0.2) is 58.3 Å². The highest BCUT2D eigenvalue weighted by Gasteiger charge is 2.24. The Morgan fingerprint density at radius 2 is 1.72 bits per heavy atom. The van der Waals surface area contributed by atoms with Gasteiger partial charge in [0.2, 0.25) is 15.9 Å². The minimum absolute atomic E-state index is 0.0773. The topological polar surface area (TPSA) is 79.0 Å². The van der Waals surface area contributed by atoms with Crippen molar-refractivity contribution in [2.45, 2.75) is 13.1 Å². The van der Waals surface area contributed by atoms with Crippen molar-refractivity contribution in [2.75, 3.05) is 43.4 Å². The molecular weight excluding hydrogens is 497 g/mol. The van der Waals surface area contributed by atoms with E-state index in [1.807, 2.05) is 24.3 Å². The Labute approximate surface area is 203 Å².